The van der Waals surface area contributed by atoms with Gasteiger partial charge in [-0.25, -0.2) is 0 Å². The molecule has 1 aromatic carbocycles. The summed E-state index contributed by atoms with van der Waals surface area (Å²) in [5, 5.41) is 4.24. The summed E-state index contributed by atoms with van der Waals surface area (Å²) < 4.78 is 7.37. The van der Waals surface area contributed by atoms with Crippen LogP contribution in [0.1, 0.15) is 24.5 Å². The Bertz CT molecular complexity index is 598. The van der Waals surface area contributed by atoms with Crippen molar-refractivity contribution in [3.05, 3.63) is 54.4 Å². The number of rotatable bonds is 5. The van der Waals surface area contributed by atoms with Crippen molar-refractivity contribution in [3.63, 3.8) is 0 Å². The molecule has 2 unspecified atom stereocenters. The molecule has 1 aliphatic heterocycles. The van der Waals surface area contributed by atoms with Gasteiger partial charge in [-0.05, 0) is 24.5 Å². The highest BCUT2D eigenvalue weighted by atomic mass is 16.5. The number of likely N-dealkylation sites (tertiary alicyclic amines) is 1. The highest BCUT2D eigenvalue weighted by molar-refractivity contribution is 5.82. The van der Waals surface area contributed by atoms with E-state index in [1.54, 1.807) is 13.3 Å². The molecule has 2 atom stereocenters. The van der Waals surface area contributed by atoms with E-state index in [1.807, 2.05) is 52.2 Å². The fraction of sp³-hybridized carbons (Fsp3) is 0.412. The summed E-state index contributed by atoms with van der Waals surface area (Å²) >= 11 is 0. The minimum absolute atomic E-state index is 0.0448. The van der Waals surface area contributed by atoms with Gasteiger partial charge in [0.15, 0.2) is 6.10 Å². The summed E-state index contributed by atoms with van der Waals surface area (Å²) in [6.45, 7) is 1.53. The molecule has 0 N–H and O–H groups in total. The molecule has 0 saturated carbocycles. The van der Waals surface area contributed by atoms with Gasteiger partial charge in [-0.1, -0.05) is 30.3 Å². The molecule has 1 aromatic heterocycles. The molecule has 0 spiro atoms. The van der Waals surface area contributed by atoms with E-state index in [4.69, 9.17) is 4.74 Å². The molecule has 2 aromatic rings. The van der Waals surface area contributed by atoms with Crippen LogP contribution in [0.25, 0.3) is 0 Å². The Hall–Kier alpha value is -2.14. The Balaban J connectivity index is 1.74. The Morgan fingerprint density at radius 2 is 2.18 bits per heavy atom. The van der Waals surface area contributed by atoms with Crippen molar-refractivity contribution >= 4 is 5.91 Å². The normalized spacial score (nSPS) is 19.3. The summed E-state index contributed by atoms with van der Waals surface area (Å²) in [6.07, 6.45) is 5.22. The van der Waals surface area contributed by atoms with Crippen molar-refractivity contribution in [3.8, 4) is 0 Å². The van der Waals surface area contributed by atoms with Gasteiger partial charge in [0.2, 0.25) is 0 Å². The number of carbonyl (C=O) groups excluding carboxylic acids is 1. The number of carbonyl (C=O) groups is 1. The first-order valence-corrected chi connectivity index (χ1v) is 7.65. The van der Waals surface area contributed by atoms with Crippen LogP contribution in [-0.4, -0.2) is 40.3 Å². The number of nitrogens with zero attached hydrogens (tertiary/aromatic N) is 3. The molecule has 5 nitrogen and oxygen atoms in total. The second-order valence-corrected chi connectivity index (χ2v) is 5.58. The molecule has 3 rings (SSSR count). The minimum atomic E-state index is -0.528. The van der Waals surface area contributed by atoms with Crippen LogP contribution in [0.3, 0.4) is 0 Å². The maximum atomic E-state index is 12.9. The minimum Gasteiger partial charge on any atom is -0.367 e. The molecule has 116 valence electrons. The first-order chi connectivity index (χ1) is 10.8. The molecule has 1 amide bonds. The predicted octanol–water partition coefficient (Wildman–Crippen LogP) is 2.26. The molecule has 22 heavy (non-hydrogen) atoms. The average molecular weight is 299 g/mol. The number of aromatic nitrogens is 2. The lowest BCUT2D eigenvalue weighted by Crippen LogP contribution is -2.41. The van der Waals surface area contributed by atoms with Gasteiger partial charge in [-0.3, -0.25) is 9.48 Å². The number of benzene rings is 1. The molecule has 0 bridgehead atoms. The maximum Gasteiger partial charge on any atom is 0.256 e. The lowest BCUT2D eigenvalue weighted by atomic mass is 10.1. The highest BCUT2D eigenvalue weighted by Crippen LogP contribution is 2.26. The third-order valence-corrected chi connectivity index (χ3v) is 4.18. The van der Waals surface area contributed by atoms with Gasteiger partial charge in [0.1, 0.15) is 0 Å². The van der Waals surface area contributed by atoms with E-state index >= 15 is 0 Å². The summed E-state index contributed by atoms with van der Waals surface area (Å²) in [5.74, 6) is 0.0448. The maximum absolute atomic E-state index is 12.9. The molecule has 5 heteroatoms. The van der Waals surface area contributed by atoms with E-state index in [0.29, 0.717) is 0 Å². The zero-order valence-electron chi connectivity index (χ0n) is 12.8. The van der Waals surface area contributed by atoms with Crippen molar-refractivity contribution in [1.29, 1.82) is 0 Å². The number of ether oxygens (including phenoxy) is 1. The van der Waals surface area contributed by atoms with Crippen LogP contribution in [0.4, 0.5) is 0 Å². The second-order valence-electron chi connectivity index (χ2n) is 5.58. The van der Waals surface area contributed by atoms with E-state index in [0.717, 1.165) is 31.5 Å². The van der Waals surface area contributed by atoms with Gasteiger partial charge >= 0.3 is 0 Å². The zero-order valence-corrected chi connectivity index (χ0v) is 12.8. The van der Waals surface area contributed by atoms with E-state index in [-0.39, 0.29) is 11.9 Å². The van der Waals surface area contributed by atoms with Crippen molar-refractivity contribution < 1.29 is 9.53 Å². The van der Waals surface area contributed by atoms with Crippen LogP contribution in [0.5, 0.6) is 0 Å². The summed E-state index contributed by atoms with van der Waals surface area (Å²) in [7, 11) is 1.59. The van der Waals surface area contributed by atoms with Gasteiger partial charge in [0.25, 0.3) is 5.91 Å². The second kappa shape index (κ2) is 6.75. The lowest BCUT2D eigenvalue weighted by molar-refractivity contribution is -0.143. The van der Waals surface area contributed by atoms with E-state index in [9.17, 15) is 4.79 Å². The van der Waals surface area contributed by atoms with Gasteiger partial charge < -0.3 is 9.64 Å². The fourth-order valence-corrected chi connectivity index (χ4v) is 3.10. The first-order valence-electron chi connectivity index (χ1n) is 7.65. The van der Waals surface area contributed by atoms with E-state index < -0.39 is 6.10 Å². The molecule has 1 saturated heterocycles. The molecule has 0 aliphatic carbocycles. The number of hydrogen-bond donors (Lipinski definition) is 0. The van der Waals surface area contributed by atoms with Crippen molar-refractivity contribution in [1.82, 2.24) is 14.7 Å². The number of methoxy groups -OCH3 is 1. The Labute approximate surface area is 130 Å². The van der Waals surface area contributed by atoms with Crippen LogP contribution in [0.2, 0.25) is 0 Å². The summed E-state index contributed by atoms with van der Waals surface area (Å²) in [4.78, 5) is 14.8. The van der Waals surface area contributed by atoms with Gasteiger partial charge in [0.05, 0.1) is 12.6 Å². The van der Waals surface area contributed by atoms with Crippen LogP contribution in [0.15, 0.2) is 48.8 Å². The molecular weight excluding hydrogens is 278 g/mol. The molecule has 1 aliphatic rings. The van der Waals surface area contributed by atoms with Gasteiger partial charge in [-0.2, -0.15) is 5.10 Å². The van der Waals surface area contributed by atoms with Gasteiger partial charge in [-0.15, -0.1) is 0 Å². The van der Waals surface area contributed by atoms with Crippen molar-refractivity contribution in [2.24, 2.45) is 0 Å². The standard InChI is InChI=1S/C17H21N3O2/c1-22-16(14-7-3-2-4-8-14)17(21)20-12-5-9-15(20)13-19-11-6-10-18-19/h2-4,6-8,10-11,15-16H,5,9,12-13H2,1H3. The average Bonchev–Trinajstić information content (AvgIpc) is 3.21. The Kier molecular flexibility index (Phi) is 4.53. The zero-order chi connectivity index (χ0) is 15.4. The third kappa shape index (κ3) is 3.04. The Morgan fingerprint density at radius 1 is 1.36 bits per heavy atom. The molecule has 1 fully saturated rings. The topological polar surface area (TPSA) is 47.4 Å². The number of amides is 1. The van der Waals surface area contributed by atoms with Crippen molar-refractivity contribution in [2.45, 2.75) is 31.5 Å². The third-order valence-electron chi connectivity index (χ3n) is 4.18. The van der Waals surface area contributed by atoms with Crippen LogP contribution in [-0.2, 0) is 16.1 Å². The fourth-order valence-electron chi connectivity index (χ4n) is 3.10. The summed E-state index contributed by atoms with van der Waals surface area (Å²) in [5.41, 5.74) is 0.903. The quantitative estimate of drug-likeness (QED) is 0.851. The van der Waals surface area contributed by atoms with Crippen LogP contribution < -0.4 is 0 Å². The van der Waals surface area contributed by atoms with E-state index in [2.05, 4.69) is 5.10 Å². The molecular formula is C17H21N3O2. The largest absolute Gasteiger partial charge is 0.367 e. The van der Waals surface area contributed by atoms with Crippen LogP contribution in [0, 0.1) is 0 Å². The van der Waals surface area contributed by atoms with Crippen LogP contribution >= 0.6 is 0 Å². The number of hydrogen-bond acceptors (Lipinski definition) is 3. The lowest BCUT2D eigenvalue weighted by Gasteiger charge is -2.28. The smallest absolute Gasteiger partial charge is 0.256 e. The Morgan fingerprint density at radius 3 is 2.86 bits per heavy atom. The monoisotopic (exact) mass is 299 g/mol. The van der Waals surface area contributed by atoms with E-state index in [1.165, 1.54) is 0 Å². The molecule has 0 radical (unpaired) electrons. The predicted molar refractivity (Wildman–Crippen MR) is 83.2 cm³/mol. The highest BCUT2D eigenvalue weighted by Gasteiger charge is 2.34. The summed E-state index contributed by atoms with van der Waals surface area (Å²) in [6, 6.07) is 11.8. The first kappa shape index (κ1) is 14.8. The SMILES string of the molecule is COC(C(=O)N1CCCC1Cn1cccn1)c1ccccc1. The van der Waals surface area contributed by atoms with Crippen molar-refractivity contribution in [2.75, 3.05) is 13.7 Å². The molecule has 2 heterocycles. The van der Waals surface area contributed by atoms with Gasteiger partial charge in [0, 0.05) is 26.0 Å².